The number of hydrogen-bond acceptors (Lipinski definition) is 7. The van der Waals surface area contributed by atoms with Crippen LogP contribution in [0.2, 0.25) is 0 Å². The topological polar surface area (TPSA) is 111 Å². The Balaban J connectivity index is 1.53. The third-order valence-corrected chi connectivity index (χ3v) is 4.20. The molecule has 3 heterocycles. The summed E-state index contributed by atoms with van der Waals surface area (Å²) < 4.78 is 1.87. The van der Waals surface area contributed by atoms with E-state index in [4.69, 9.17) is 0 Å². The summed E-state index contributed by atoms with van der Waals surface area (Å²) >= 11 is 0. The quantitative estimate of drug-likeness (QED) is 0.365. The zero-order valence-corrected chi connectivity index (χ0v) is 15.3. The van der Waals surface area contributed by atoms with E-state index in [9.17, 15) is 10.1 Å². The van der Waals surface area contributed by atoms with Gasteiger partial charge in [-0.05, 0) is 42.0 Å². The Bertz CT molecular complexity index is 1100. The van der Waals surface area contributed by atoms with Crippen molar-refractivity contribution in [2.45, 2.75) is 6.54 Å². The van der Waals surface area contributed by atoms with Gasteiger partial charge in [0.25, 0.3) is 0 Å². The summed E-state index contributed by atoms with van der Waals surface area (Å²) in [6.45, 7) is 0.512. The summed E-state index contributed by atoms with van der Waals surface area (Å²) in [6.07, 6.45) is 8.69. The van der Waals surface area contributed by atoms with Crippen LogP contribution in [-0.4, -0.2) is 24.4 Å². The van der Waals surface area contributed by atoms with Crippen molar-refractivity contribution >= 4 is 23.0 Å². The van der Waals surface area contributed by atoms with E-state index in [-0.39, 0.29) is 11.5 Å². The zero-order valence-electron chi connectivity index (χ0n) is 15.3. The third-order valence-electron chi connectivity index (χ3n) is 4.20. The van der Waals surface area contributed by atoms with Gasteiger partial charge in [0.1, 0.15) is 5.82 Å². The Morgan fingerprint density at radius 2 is 1.90 bits per heavy atom. The van der Waals surface area contributed by atoms with E-state index in [2.05, 4.69) is 25.6 Å². The number of benzene rings is 1. The molecule has 0 fully saturated rings. The SMILES string of the molecule is O=[N+]([O-])c1ccc(NCc2cccnc2)nc1Nc1ccc(-n2ccnc2)cc1. The fourth-order valence-corrected chi connectivity index (χ4v) is 2.75. The van der Waals surface area contributed by atoms with Crippen molar-refractivity contribution in [1.29, 1.82) is 0 Å². The molecule has 144 valence electrons. The van der Waals surface area contributed by atoms with Gasteiger partial charge in [0.2, 0.25) is 5.82 Å². The highest BCUT2D eigenvalue weighted by Gasteiger charge is 2.16. The van der Waals surface area contributed by atoms with Crippen molar-refractivity contribution in [3.05, 3.63) is 95.3 Å². The van der Waals surface area contributed by atoms with Gasteiger partial charge in [0.15, 0.2) is 0 Å². The summed E-state index contributed by atoms with van der Waals surface area (Å²) in [4.78, 5) is 23.4. The van der Waals surface area contributed by atoms with Crippen LogP contribution in [0.4, 0.5) is 23.0 Å². The number of hydrogen-bond donors (Lipinski definition) is 2. The summed E-state index contributed by atoms with van der Waals surface area (Å²) in [6, 6.07) is 14.2. The first-order chi connectivity index (χ1) is 14.2. The number of anilines is 3. The fraction of sp³-hybridized carbons (Fsp3) is 0.0500. The van der Waals surface area contributed by atoms with E-state index in [1.807, 2.05) is 47.2 Å². The lowest BCUT2D eigenvalue weighted by Gasteiger charge is -2.10. The summed E-state index contributed by atoms with van der Waals surface area (Å²) in [5.74, 6) is 0.693. The number of imidazole rings is 1. The maximum atomic E-state index is 11.4. The predicted octanol–water partition coefficient (Wildman–Crippen LogP) is 3.93. The summed E-state index contributed by atoms with van der Waals surface area (Å²) in [5.41, 5.74) is 2.50. The van der Waals surface area contributed by atoms with Crippen LogP contribution in [0.15, 0.2) is 79.6 Å². The van der Waals surface area contributed by atoms with E-state index >= 15 is 0 Å². The van der Waals surface area contributed by atoms with E-state index in [0.29, 0.717) is 18.1 Å². The van der Waals surface area contributed by atoms with Crippen molar-refractivity contribution in [3.8, 4) is 5.69 Å². The molecule has 0 amide bonds. The maximum absolute atomic E-state index is 11.4. The smallest absolute Gasteiger partial charge is 0.311 e. The van der Waals surface area contributed by atoms with Crippen LogP contribution >= 0.6 is 0 Å². The van der Waals surface area contributed by atoms with Gasteiger partial charge in [-0.2, -0.15) is 0 Å². The lowest BCUT2D eigenvalue weighted by atomic mass is 10.2. The van der Waals surface area contributed by atoms with E-state index in [1.165, 1.54) is 6.07 Å². The number of nitrogens with one attached hydrogen (secondary N) is 2. The molecule has 0 spiro atoms. The van der Waals surface area contributed by atoms with Crippen molar-refractivity contribution in [1.82, 2.24) is 19.5 Å². The van der Waals surface area contributed by atoms with Crippen molar-refractivity contribution in [2.75, 3.05) is 10.6 Å². The first-order valence-electron chi connectivity index (χ1n) is 8.83. The monoisotopic (exact) mass is 387 g/mol. The van der Waals surface area contributed by atoms with Gasteiger partial charge in [0, 0.05) is 48.8 Å². The molecule has 4 rings (SSSR count). The van der Waals surface area contributed by atoms with Crippen LogP contribution < -0.4 is 10.6 Å². The molecular weight excluding hydrogens is 370 g/mol. The molecule has 0 radical (unpaired) electrons. The molecule has 0 saturated heterocycles. The van der Waals surface area contributed by atoms with Crippen LogP contribution in [-0.2, 0) is 6.54 Å². The van der Waals surface area contributed by atoms with E-state index in [0.717, 1.165) is 11.3 Å². The Kier molecular flexibility index (Phi) is 5.10. The second-order valence-electron chi connectivity index (χ2n) is 6.18. The normalized spacial score (nSPS) is 10.5. The molecule has 3 aromatic heterocycles. The molecule has 0 saturated carbocycles. The lowest BCUT2D eigenvalue weighted by Crippen LogP contribution is -2.05. The average molecular weight is 387 g/mol. The number of nitro groups is 1. The lowest BCUT2D eigenvalue weighted by molar-refractivity contribution is -0.384. The molecule has 1 aromatic carbocycles. The highest BCUT2D eigenvalue weighted by molar-refractivity contribution is 5.68. The highest BCUT2D eigenvalue weighted by atomic mass is 16.6. The molecule has 29 heavy (non-hydrogen) atoms. The Morgan fingerprint density at radius 3 is 2.59 bits per heavy atom. The standard InChI is InChI=1S/C20H17N7O2/c28-27(29)18-7-8-19(23-13-15-2-1-9-21-12-15)25-20(18)24-16-3-5-17(6-4-16)26-11-10-22-14-26/h1-12,14H,13H2,(H2,23,24,25). The first-order valence-corrected chi connectivity index (χ1v) is 8.83. The summed E-state index contributed by atoms with van der Waals surface area (Å²) in [5, 5.41) is 17.6. The molecule has 0 bridgehead atoms. The predicted molar refractivity (Wildman–Crippen MR) is 109 cm³/mol. The number of nitrogens with zero attached hydrogens (tertiary/aromatic N) is 5. The average Bonchev–Trinajstić information content (AvgIpc) is 3.28. The van der Waals surface area contributed by atoms with Crippen LogP contribution in [0.5, 0.6) is 0 Å². The molecule has 9 nitrogen and oxygen atoms in total. The maximum Gasteiger partial charge on any atom is 0.311 e. The first kappa shape index (κ1) is 18.1. The summed E-state index contributed by atoms with van der Waals surface area (Å²) in [7, 11) is 0. The van der Waals surface area contributed by atoms with Crippen LogP contribution in [0.3, 0.4) is 0 Å². The van der Waals surface area contributed by atoms with Gasteiger partial charge in [-0.3, -0.25) is 15.1 Å². The molecule has 2 N–H and O–H groups in total. The minimum absolute atomic E-state index is 0.101. The van der Waals surface area contributed by atoms with E-state index < -0.39 is 4.92 Å². The van der Waals surface area contributed by atoms with E-state index in [1.54, 1.807) is 31.0 Å². The van der Waals surface area contributed by atoms with Gasteiger partial charge in [-0.1, -0.05) is 6.07 Å². The zero-order chi connectivity index (χ0) is 20.1. The van der Waals surface area contributed by atoms with Crippen molar-refractivity contribution < 1.29 is 4.92 Å². The molecule has 0 atom stereocenters. The van der Waals surface area contributed by atoms with Crippen molar-refractivity contribution in [2.24, 2.45) is 0 Å². The van der Waals surface area contributed by atoms with Crippen LogP contribution in [0.1, 0.15) is 5.56 Å². The fourth-order valence-electron chi connectivity index (χ4n) is 2.75. The minimum Gasteiger partial charge on any atom is -0.366 e. The Labute approximate surface area is 166 Å². The van der Waals surface area contributed by atoms with Gasteiger partial charge in [-0.15, -0.1) is 0 Å². The van der Waals surface area contributed by atoms with Crippen LogP contribution in [0.25, 0.3) is 5.69 Å². The number of aromatic nitrogens is 4. The molecule has 0 aliphatic rings. The van der Waals surface area contributed by atoms with Gasteiger partial charge < -0.3 is 15.2 Å². The largest absolute Gasteiger partial charge is 0.366 e. The molecule has 4 aromatic rings. The molecule has 9 heteroatoms. The van der Waals surface area contributed by atoms with Crippen LogP contribution in [0, 0.1) is 10.1 Å². The molecule has 0 aliphatic carbocycles. The van der Waals surface area contributed by atoms with Gasteiger partial charge in [-0.25, -0.2) is 9.97 Å². The minimum atomic E-state index is -0.458. The Hall–Kier alpha value is -4.27. The van der Waals surface area contributed by atoms with Gasteiger partial charge >= 0.3 is 5.69 Å². The van der Waals surface area contributed by atoms with Crippen molar-refractivity contribution in [3.63, 3.8) is 0 Å². The second-order valence-corrected chi connectivity index (χ2v) is 6.18. The molecular formula is C20H17N7O2. The Morgan fingerprint density at radius 1 is 1.03 bits per heavy atom. The van der Waals surface area contributed by atoms with Gasteiger partial charge in [0.05, 0.1) is 11.3 Å². The number of pyridine rings is 2. The highest BCUT2D eigenvalue weighted by Crippen LogP contribution is 2.28. The number of rotatable bonds is 7. The second kappa shape index (κ2) is 8.17. The molecule has 0 unspecified atom stereocenters. The third kappa shape index (κ3) is 4.35. The molecule has 0 aliphatic heterocycles.